The SMILES string of the molecule is CCNC(=O)c1nnc(-c2cc(C(C)C)c(O)cc2O)n1-c1ccc(CN2CCN(C(=O)CCNC(=O)[C@@H](CCC(=O)N3CCN(Cc4ccc(-n5c(C(=O)NCC)nnc5-c5cc(C(C)C)c(O)cc5O)cc4)CC3)CC(=O)CCCC(=O)[C@@H](CCC(=O)O)NC(=O)COCCOCCCC(=O)CC[C@H](C(=O)O)N3CCN(CC(=O)O)CCN(CC(=O)O)CCN(CC(=O)O)CC3)CC2)cc1.[Lu]. The fraction of sp³-hybridized carbons (Fsp3) is 0.553. The molecule has 9 rings (SSSR count). The maximum Gasteiger partial charge on any atom is 0.320 e. The Bertz CT molecular complexity index is 5120. The Hall–Kier alpha value is -11.5. The number of rotatable bonds is 52. The number of carboxylic acid groups (broad SMARTS) is 5. The number of Topliss-reactive ketones (excluding diaryl/α,β-unsaturated/α-hetero) is 3. The molecule has 0 bridgehead atoms. The quantitative estimate of drug-likeness (QED) is 0.0242. The first-order valence-corrected chi connectivity index (χ1v) is 46.6. The largest absolute Gasteiger partial charge is 0.508 e. The molecule has 13 N–H and O–H groups in total. The van der Waals surface area contributed by atoms with Crippen LogP contribution in [-0.4, -0.2) is 380 Å². The summed E-state index contributed by atoms with van der Waals surface area (Å²) in [7, 11) is 0. The Morgan fingerprint density at radius 1 is 0.428 bits per heavy atom. The van der Waals surface area contributed by atoms with E-state index in [0.29, 0.717) is 101 Å². The van der Waals surface area contributed by atoms with E-state index in [4.69, 9.17) is 9.47 Å². The Morgan fingerprint density at radius 2 is 0.862 bits per heavy atom. The summed E-state index contributed by atoms with van der Waals surface area (Å²) >= 11 is 0. The molecule has 3 aliphatic heterocycles. The average Bonchev–Trinajstić information content (AvgIpc) is 1.63. The van der Waals surface area contributed by atoms with Crippen LogP contribution in [0.15, 0.2) is 72.8 Å². The minimum atomic E-state index is -1.28. The van der Waals surface area contributed by atoms with Gasteiger partial charge in [0.05, 0.1) is 50.0 Å². The average molecular weight is 2090 g/mol. The summed E-state index contributed by atoms with van der Waals surface area (Å²) in [5.41, 5.74) is 4.54. The van der Waals surface area contributed by atoms with Crippen LogP contribution in [0.25, 0.3) is 34.2 Å². The minimum absolute atomic E-state index is 0. The number of aromatic nitrogens is 6. The third-order valence-corrected chi connectivity index (χ3v) is 24.2. The van der Waals surface area contributed by atoms with Gasteiger partial charge < -0.3 is 86.5 Å². The van der Waals surface area contributed by atoms with Crippen molar-refractivity contribution in [1.82, 2.24) is 90.0 Å². The van der Waals surface area contributed by atoms with Crippen molar-refractivity contribution < 1.29 is 159 Å². The van der Waals surface area contributed by atoms with Crippen LogP contribution in [-0.2, 0) is 80.1 Å². The second kappa shape index (κ2) is 55.9. The molecule has 43 nitrogen and oxygen atoms in total. The van der Waals surface area contributed by atoms with Gasteiger partial charge in [-0.1, -0.05) is 52.0 Å². The van der Waals surface area contributed by atoms with Gasteiger partial charge >= 0.3 is 29.8 Å². The molecule has 6 aromatic rings. The fourth-order valence-corrected chi connectivity index (χ4v) is 16.7. The van der Waals surface area contributed by atoms with E-state index in [1.165, 1.54) is 16.7 Å². The zero-order valence-electron chi connectivity index (χ0n) is 78.9. The number of piperazine rings is 2. The number of benzene rings is 4. The van der Waals surface area contributed by atoms with E-state index in [0.717, 1.165) is 11.1 Å². The molecule has 0 spiro atoms. The van der Waals surface area contributed by atoms with Gasteiger partial charge in [-0.15, -0.1) is 20.4 Å². The first kappa shape index (κ1) is 112. The second-order valence-electron chi connectivity index (χ2n) is 35.0. The molecule has 138 heavy (non-hydrogen) atoms. The molecule has 6 amide bonds. The van der Waals surface area contributed by atoms with E-state index in [-0.39, 0.29) is 286 Å². The van der Waals surface area contributed by atoms with Crippen LogP contribution in [0.4, 0.5) is 0 Å². The van der Waals surface area contributed by atoms with Crippen molar-refractivity contribution in [1.29, 1.82) is 0 Å². The molecule has 1 radical (unpaired) electrons. The number of ketones is 3. The predicted octanol–water partition coefficient (Wildman–Crippen LogP) is 3.78. The monoisotopic (exact) mass is 2090 g/mol. The Morgan fingerprint density at radius 3 is 1.30 bits per heavy atom. The Kier molecular flexibility index (Phi) is 45.3. The van der Waals surface area contributed by atoms with Gasteiger partial charge in [0.1, 0.15) is 47.2 Å². The van der Waals surface area contributed by atoms with Crippen molar-refractivity contribution in [3.63, 3.8) is 0 Å². The molecular weight excluding hydrogens is 1960 g/mol. The number of nitrogens with zero attached hydrogens (tertiary/aromatic N) is 14. The fourth-order valence-electron chi connectivity index (χ4n) is 16.7. The molecule has 0 aliphatic carbocycles. The summed E-state index contributed by atoms with van der Waals surface area (Å²) in [6, 6.07) is 18.0. The maximum atomic E-state index is 14.3. The van der Waals surface area contributed by atoms with E-state index in [9.17, 15) is 113 Å². The van der Waals surface area contributed by atoms with E-state index in [1.807, 2.05) is 64.1 Å². The molecule has 3 atom stereocenters. The van der Waals surface area contributed by atoms with Crippen LogP contribution in [0.2, 0.25) is 0 Å². The Balaban J connectivity index is 0.0000234. The number of carbonyl (C=O) groups is 14. The smallest absolute Gasteiger partial charge is 0.320 e. The molecule has 44 heteroatoms. The van der Waals surface area contributed by atoms with Gasteiger partial charge in [-0.05, 0) is 116 Å². The number of phenolic OH excluding ortho intramolecular Hbond substituents is 4. The molecule has 4 aromatic carbocycles. The van der Waals surface area contributed by atoms with E-state index in [1.54, 1.807) is 72.1 Å². The van der Waals surface area contributed by atoms with Gasteiger partial charge in [0.2, 0.25) is 35.3 Å². The van der Waals surface area contributed by atoms with Crippen LogP contribution >= 0.6 is 0 Å². The van der Waals surface area contributed by atoms with Gasteiger partial charge in [-0.2, -0.15) is 0 Å². The molecule has 0 unspecified atom stereocenters. The number of hydrogen-bond acceptors (Lipinski definition) is 30. The van der Waals surface area contributed by atoms with Crippen molar-refractivity contribution in [2.45, 2.75) is 162 Å². The summed E-state index contributed by atoms with van der Waals surface area (Å²) in [6.07, 6.45) is -1.88. The van der Waals surface area contributed by atoms with Crippen LogP contribution in [0.5, 0.6) is 23.0 Å². The summed E-state index contributed by atoms with van der Waals surface area (Å²) in [4.78, 5) is 197. The second-order valence-corrected chi connectivity index (χ2v) is 35.0. The standard InChI is InChI=1S/C94H130N18O25.Lu/c1-7-95-92(132)89-101-99-87(71-50-69(60(3)4)76(116)52-78(71)118)111(89)65-19-14-62(15-20-65)54-103-36-42-109(43-37-103)81(121)26-18-64(91(131)97-29-28-82(122)110-44-38-104(39-45-110)55-63-16-21-66(22-17-63)112-88(100-102-90(112)93(133)96-8-2)72-51-70(61(5)6)77(117)53-79(72)119)49-68(114)11-9-13-75(115)73(24-27-83(123)124)98-80(120)59-137-48-47-136-46-10-12-67(113)23-25-74(94(134)135)108-40-34-106(57-85(127)128)32-30-105(56-84(125)126)31-33-107(35-41-108)58-86(129)130;/h14-17,19-22,50-53,60-61,64,73-74,116-119H,7-13,18,23-49,54-59H2,1-6H3,(H,95,132)(H,96,133)(H,97,131)(H,98,120)(H,123,124)(H,125,126)(H,127,128)(H,129,130)(H,134,135);/t64-,73+,74+;/m0./s1. The van der Waals surface area contributed by atoms with Crippen molar-refractivity contribution >= 4 is 82.6 Å². The maximum absolute atomic E-state index is 14.3. The van der Waals surface area contributed by atoms with Gasteiger partial charge in [-0.3, -0.25) is 106 Å². The molecule has 0 saturated carbocycles. The molecular formula is C94H130LuN18O25. The number of carbonyl (C=O) groups excluding carboxylic acids is 9. The third-order valence-electron chi connectivity index (χ3n) is 24.2. The number of carboxylic acids is 5. The third kappa shape index (κ3) is 34.5. The van der Waals surface area contributed by atoms with Crippen molar-refractivity contribution in [3.05, 3.63) is 107 Å². The number of nitrogens with one attached hydrogen (secondary N) is 4. The molecule has 3 aliphatic rings. The zero-order chi connectivity index (χ0) is 99.5. The van der Waals surface area contributed by atoms with Gasteiger partial charge in [0.25, 0.3) is 11.8 Å². The summed E-state index contributed by atoms with van der Waals surface area (Å²) in [6.45, 7) is 15.1. The van der Waals surface area contributed by atoms with E-state index >= 15 is 0 Å². The van der Waals surface area contributed by atoms with Crippen LogP contribution < -0.4 is 21.3 Å². The number of phenols is 4. The van der Waals surface area contributed by atoms with Crippen LogP contribution in [0.3, 0.4) is 0 Å². The van der Waals surface area contributed by atoms with Crippen LogP contribution in [0, 0.1) is 42.8 Å². The predicted molar refractivity (Wildman–Crippen MR) is 496 cm³/mol. The molecule has 3 saturated heterocycles. The van der Waals surface area contributed by atoms with Gasteiger partial charge in [0, 0.05) is 262 Å². The number of ether oxygens (including phenoxy) is 2. The number of aliphatic carboxylic acids is 5. The molecule has 2 aromatic heterocycles. The normalized spacial score (nSPS) is 15.4. The van der Waals surface area contributed by atoms with Crippen molar-refractivity contribution in [2.75, 3.05) is 170 Å². The Labute approximate surface area is 829 Å². The van der Waals surface area contributed by atoms with Crippen LogP contribution in [0.1, 0.15) is 180 Å². The van der Waals surface area contributed by atoms with Crippen molar-refractivity contribution in [2.24, 2.45) is 5.92 Å². The summed E-state index contributed by atoms with van der Waals surface area (Å²) < 4.78 is 14.2. The van der Waals surface area contributed by atoms with Crippen molar-refractivity contribution in [3.8, 4) is 57.1 Å². The van der Waals surface area contributed by atoms with E-state index in [2.05, 4.69) is 51.5 Å². The van der Waals surface area contributed by atoms with E-state index < -0.39 is 109 Å². The summed E-state index contributed by atoms with van der Waals surface area (Å²) in [5.74, 6) is -11.6. The number of hydrogen-bond donors (Lipinski definition) is 13. The van der Waals surface area contributed by atoms with Gasteiger partial charge in [-0.25, -0.2) is 0 Å². The van der Waals surface area contributed by atoms with Gasteiger partial charge in [0.15, 0.2) is 17.4 Å². The summed E-state index contributed by atoms with van der Waals surface area (Å²) in [5, 5.41) is 120. The number of aromatic hydroxyl groups is 4. The topological polar surface area (TPSA) is 575 Å². The first-order chi connectivity index (χ1) is 65.5. The first-order valence-electron chi connectivity index (χ1n) is 46.6. The molecule has 5 heterocycles. The minimum Gasteiger partial charge on any atom is -0.508 e. The zero-order valence-corrected chi connectivity index (χ0v) is 80.5. The number of amides is 6. The molecule has 3 fully saturated rings. The molecule has 761 valence electrons.